The molecule has 10 heteroatoms. The number of benzene rings is 1. The highest BCUT2D eigenvalue weighted by molar-refractivity contribution is 5.67. The van der Waals surface area contributed by atoms with Crippen LogP contribution in [-0.2, 0) is 14.2 Å². The summed E-state index contributed by atoms with van der Waals surface area (Å²) in [6.45, 7) is 4.78. The summed E-state index contributed by atoms with van der Waals surface area (Å²) in [5.74, 6) is 1.87. The fraction of sp³-hybridized carbons (Fsp3) is 0.381. The predicted molar refractivity (Wildman–Crippen MR) is 109 cm³/mol. The fourth-order valence-corrected chi connectivity index (χ4v) is 3.83. The highest BCUT2D eigenvalue weighted by Gasteiger charge is 2.49. The Bertz CT molecular complexity index is 986. The minimum absolute atomic E-state index is 0.165. The van der Waals surface area contributed by atoms with Crippen LogP contribution in [0.25, 0.3) is 11.3 Å². The van der Waals surface area contributed by atoms with Crippen LogP contribution in [0, 0.1) is 0 Å². The SMILES string of the molecule is C=CCNC(=O)O[C@@H]1CO[C@H]2[C@@H]1OC[C@@H]2Nc1nccc(-c2ccc3c(c2)OCO3)n1. The number of rotatable bonds is 6. The molecule has 4 heterocycles. The molecule has 4 atom stereocenters. The van der Waals surface area contributed by atoms with Crippen molar-refractivity contribution in [2.45, 2.75) is 24.4 Å². The van der Waals surface area contributed by atoms with Crippen molar-refractivity contribution in [3.05, 3.63) is 43.1 Å². The van der Waals surface area contributed by atoms with Crippen LogP contribution in [-0.4, -0.2) is 67.0 Å². The highest BCUT2D eigenvalue weighted by Crippen LogP contribution is 2.35. The van der Waals surface area contributed by atoms with Gasteiger partial charge in [0.25, 0.3) is 0 Å². The molecule has 2 saturated heterocycles. The first-order valence-electron chi connectivity index (χ1n) is 9.99. The molecule has 0 saturated carbocycles. The summed E-state index contributed by atoms with van der Waals surface area (Å²) >= 11 is 0. The first kappa shape index (κ1) is 19.6. The van der Waals surface area contributed by atoms with Gasteiger partial charge in [-0.15, -0.1) is 6.58 Å². The molecule has 2 aromatic rings. The van der Waals surface area contributed by atoms with Gasteiger partial charge >= 0.3 is 6.09 Å². The predicted octanol–water partition coefficient (Wildman–Crippen LogP) is 1.73. The summed E-state index contributed by atoms with van der Waals surface area (Å²) in [6, 6.07) is 7.34. The number of fused-ring (bicyclic) bond motifs is 2. The minimum atomic E-state index is -0.520. The zero-order valence-electron chi connectivity index (χ0n) is 16.7. The Balaban J connectivity index is 1.24. The van der Waals surface area contributed by atoms with E-state index in [0.717, 1.165) is 17.0 Å². The van der Waals surface area contributed by atoms with Crippen molar-refractivity contribution >= 4 is 12.0 Å². The van der Waals surface area contributed by atoms with Gasteiger partial charge in [-0.05, 0) is 24.3 Å². The second kappa shape index (κ2) is 8.40. The monoisotopic (exact) mass is 426 g/mol. The quantitative estimate of drug-likeness (QED) is 0.667. The van der Waals surface area contributed by atoms with E-state index in [9.17, 15) is 4.79 Å². The van der Waals surface area contributed by atoms with Crippen molar-refractivity contribution in [3.8, 4) is 22.8 Å². The second-order valence-electron chi connectivity index (χ2n) is 7.29. The molecule has 1 aromatic heterocycles. The fourth-order valence-electron chi connectivity index (χ4n) is 3.83. The number of hydrogen-bond donors (Lipinski definition) is 2. The molecule has 2 N–H and O–H groups in total. The second-order valence-corrected chi connectivity index (χ2v) is 7.29. The molecule has 1 amide bonds. The van der Waals surface area contributed by atoms with Crippen LogP contribution >= 0.6 is 0 Å². The molecule has 0 aliphatic carbocycles. The van der Waals surface area contributed by atoms with E-state index < -0.39 is 12.2 Å². The van der Waals surface area contributed by atoms with E-state index in [1.807, 2.05) is 24.3 Å². The number of aromatic nitrogens is 2. The van der Waals surface area contributed by atoms with Crippen molar-refractivity contribution in [2.75, 3.05) is 31.9 Å². The van der Waals surface area contributed by atoms with Crippen molar-refractivity contribution in [3.63, 3.8) is 0 Å². The molecule has 0 radical (unpaired) electrons. The van der Waals surface area contributed by atoms with Gasteiger partial charge in [-0.1, -0.05) is 6.08 Å². The van der Waals surface area contributed by atoms with Gasteiger partial charge in [0, 0.05) is 18.3 Å². The molecule has 2 fully saturated rings. The molecule has 1 aromatic carbocycles. The molecule has 0 unspecified atom stereocenters. The Morgan fingerprint density at radius 2 is 2.06 bits per heavy atom. The molecular formula is C21H22N4O6. The lowest BCUT2D eigenvalue weighted by Gasteiger charge is -2.18. The molecule has 5 rings (SSSR count). The number of amides is 1. The van der Waals surface area contributed by atoms with E-state index in [1.54, 1.807) is 12.3 Å². The molecule has 31 heavy (non-hydrogen) atoms. The molecule has 10 nitrogen and oxygen atoms in total. The normalized spacial score (nSPS) is 25.7. The summed E-state index contributed by atoms with van der Waals surface area (Å²) in [7, 11) is 0. The van der Waals surface area contributed by atoms with Crippen LogP contribution in [0.1, 0.15) is 0 Å². The molecule has 3 aliphatic heterocycles. The standard InChI is InChI=1S/C21H22N4O6/c1-2-6-23-21(26)31-17-10-28-18-14(9-27-19(17)18)25-20-22-7-5-13(24-20)12-3-4-15-16(8-12)30-11-29-15/h2-5,7-8,14,17-19H,1,6,9-11H2,(H,23,26)(H,22,24,25)/t14-,17+,18+,19+/m0/s1. The molecule has 0 spiro atoms. The van der Waals surface area contributed by atoms with Gasteiger partial charge in [0.15, 0.2) is 17.6 Å². The van der Waals surface area contributed by atoms with Gasteiger partial charge in [-0.25, -0.2) is 14.8 Å². The molecule has 162 valence electrons. The average molecular weight is 426 g/mol. The Morgan fingerprint density at radius 3 is 2.97 bits per heavy atom. The van der Waals surface area contributed by atoms with Gasteiger partial charge in [0.2, 0.25) is 12.7 Å². The maximum Gasteiger partial charge on any atom is 0.407 e. The molecule has 3 aliphatic rings. The third-order valence-electron chi connectivity index (χ3n) is 5.30. The maximum atomic E-state index is 11.8. The number of nitrogens with one attached hydrogen (secondary N) is 2. The van der Waals surface area contributed by atoms with Crippen molar-refractivity contribution < 1.29 is 28.5 Å². The third-order valence-corrected chi connectivity index (χ3v) is 5.30. The number of anilines is 1. The van der Waals surface area contributed by atoms with Crippen LogP contribution in [0.5, 0.6) is 11.5 Å². The number of nitrogens with zero attached hydrogens (tertiary/aromatic N) is 2. The van der Waals surface area contributed by atoms with Crippen molar-refractivity contribution in [1.29, 1.82) is 0 Å². The zero-order chi connectivity index (χ0) is 21.2. The third kappa shape index (κ3) is 3.99. The average Bonchev–Trinajstić information content (AvgIpc) is 3.50. The summed E-state index contributed by atoms with van der Waals surface area (Å²) in [6.07, 6.45) is 1.67. The summed E-state index contributed by atoms with van der Waals surface area (Å²) < 4.78 is 27.9. The van der Waals surface area contributed by atoms with Crippen LogP contribution in [0.15, 0.2) is 43.1 Å². The lowest BCUT2D eigenvalue weighted by Crippen LogP contribution is -2.39. The first-order valence-corrected chi connectivity index (χ1v) is 9.99. The van der Waals surface area contributed by atoms with E-state index in [-0.39, 0.29) is 31.6 Å². The maximum absolute atomic E-state index is 11.8. The minimum Gasteiger partial charge on any atom is -0.454 e. The topological polar surface area (TPSA) is 113 Å². The lowest BCUT2D eigenvalue weighted by molar-refractivity contribution is 0.00475. The number of hydrogen-bond acceptors (Lipinski definition) is 9. The zero-order valence-corrected chi connectivity index (χ0v) is 16.7. The lowest BCUT2D eigenvalue weighted by atomic mass is 10.1. The first-order chi connectivity index (χ1) is 15.2. The molecular weight excluding hydrogens is 404 g/mol. The van der Waals surface area contributed by atoms with Gasteiger partial charge < -0.3 is 34.3 Å². The number of alkyl carbamates (subject to hydrolysis) is 1. The smallest absolute Gasteiger partial charge is 0.407 e. The molecule has 0 bridgehead atoms. The Hall–Kier alpha value is -3.37. The van der Waals surface area contributed by atoms with Crippen LogP contribution < -0.4 is 20.1 Å². The Kier molecular flexibility index (Phi) is 5.31. The number of ether oxygens (including phenoxy) is 5. The van der Waals surface area contributed by atoms with E-state index in [1.165, 1.54) is 0 Å². The van der Waals surface area contributed by atoms with E-state index in [4.69, 9.17) is 23.7 Å². The number of carbonyl (C=O) groups is 1. The van der Waals surface area contributed by atoms with Crippen LogP contribution in [0.2, 0.25) is 0 Å². The van der Waals surface area contributed by atoms with Crippen molar-refractivity contribution in [2.24, 2.45) is 0 Å². The van der Waals surface area contributed by atoms with E-state index in [2.05, 4.69) is 27.2 Å². The van der Waals surface area contributed by atoms with E-state index >= 15 is 0 Å². The number of carbonyl (C=O) groups excluding carboxylic acids is 1. The highest BCUT2D eigenvalue weighted by atomic mass is 16.7. The Labute approximate surface area is 178 Å². The van der Waals surface area contributed by atoms with Crippen LogP contribution in [0.3, 0.4) is 0 Å². The Morgan fingerprint density at radius 1 is 1.19 bits per heavy atom. The van der Waals surface area contributed by atoms with Gasteiger partial charge in [0.05, 0.1) is 24.9 Å². The largest absolute Gasteiger partial charge is 0.454 e. The summed E-state index contributed by atoms with van der Waals surface area (Å²) in [4.78, 5) is 20.8. The van der Waals surface area contributed by atoms with E-state index in [0.29, 0.717) is 24.8 Å². The summed E-state index contributed by atoms with van der Waals surface area (Å²) in [5, 5.41) is 5.87. The van der Waals surface area contributed by atoms with Gasteiger partial charge in [0.1, 0.15) is 12.2 Å². The van der Waals surface area contributed by atoms with Crippen LogP contribution in [0.4, 0.5) is 10.7 Å². The van der Waals surface area contributed by atoms with Gasteiger partial charge in [-0.2, -0.15) is 0 Å². The van der Waals surface area contributed by atoms with Crippen molar-refractivity contribution in [1.82, 2.24) is 15.3 Å². The summed E-state index contributed by atoms with van der Waals surface area (Å²) in [5.41, 5.74) is 1.64. The van der Waals surface area contributed by atoms with Gasteiger partial charge in [-0.3, -0.25) is 0 Å².